The molecule has 0 fully saturated rings. The molecule has 3 rings (SSSR count). The second kappa shape index (κ2) is 6.43. The van der Waals surface area contributed by atoms with Crippen molar-refractivity contribution in [1.82, 2.24) is 4.98 Å². The molecule has 1 aromatic carbocycles. The second-order valence-electron chi connectivity index (χ2n) is 5.98. The highest BCUT2D eigenvalue weighted by Crippen LogP contribution is 2.22. The Kier molecular flexibility index (Phi) is 4.34. The highest BCUT2D eigenvalue weighted by atomic mass is 16.5. The zero-order valence-electron chi connectivity index (χ0n) is 14.0. The Morgan fingerprint density at radius 2 is 2.00 bits per heavy atom. The predicted octanol–water partition coefficient (Wildman–Crippen LogP) is 3.57. The molecule has 5 heteroatoms. The summed E-state index contributed by atoms with van der Waals surface area (Å²) in [6.07, 6.45) is 0.0534. The summed E-state index contributed by atoms with van der Waals surface area (Å²) in [5.41, 5.74) is 2.23. The van der Waals surface area contributed by atoms with Gasteiger partial charge in [0, 0.05) is 0 Å². The first kappa shape index (κ1) is 16.2. The van der Waals surface area contributed by atoms with Gasteiger partial charge in [0.25, 0.3) is 0 Å². The van der Waals surface area contributed by atoms with Gasteiger partial charge in [-0.15, -0.1) is 0 Å². The molecule has 0 N–H and O–H groups in total. The van der Waals surface area contributed by atoms with Crippen LogP contribution in [0.5, 0.6) is 0 Å². The van der Waals surface area contributed by atoms with Crippen LogP contribution in [0, 0.1) is 0 Å². The van der Waals surface area contributed by atoms with Crippen molar-refractivity contribution in [2.24, 2.45) is 0 Å². The van der Waals surface area contributed by atoms with Crippen molar-refractivity contribution >= 4 is 28.0 Å². The summed E-state index contributed by atoms with van der Waals surface area (Å²) in [6, 6.07) is 8.94. The van der Waals surface area contributed by atoms with Gasteiger partial charge in [0.1, 0.15) is 5.58 Å². The van der Waals surface area contributed by atoms with Gasteiger partial charge in [-0.25, -0.2) is 4.98 Å². The molecular formula is C19H19NO4. The van der Waals surface area contributed by atoms with Gasteiger partial charge in [-0.3, -0.25) is 9.59 Å². The van der Waals surface area contributed by atoms with Gasteiger partial charge < -0.3 is 9.15 Å². The fourth-order valence-electron chi connectivity index (χ4n) is 2.61. The lowest BCUT2D eigenvalue weighted by molar-refractivity contribution is -0.142. The summed E-state index contributed by atoms with van der Waals surface area (Å²) >= 11 is 0. The molecule has 0 bridgehead atoms. The second-order valence-corrected chi connectivity index (χ2v) is 5.98. The molecule has 0 spiro atoms. The molecule has 24 heavy (non-hydrogen) atoms. The van der Waals surface area contributed by atoms with E-state index in [1.54, 1.807) is 25.1 Å². The van der Waals surface area contributed by atoms with Crippen molar-refractivity contribution in [2.45, 2.75) is 33.1 Å². The van der Waals surface area contributed by atoms with Gasteiger partial charge >= 0.3 is 5.97 Å². The van der Waals surface area contributed by atoms with Crippen LogP contribution >= 0.6 is 0 Å². The molecule has 0 unspecified atom stereocenters. The van der Waals surface area contributed by atoms with Crippen LogP contribution < -0.4 is 5.43 Å². The highest BCUT2D eigenvalue weighted by molar-refractivity contribution is 5.88. The fraction of sp³-hybridized carbons (Fsp3) is 0.316. The normalized spacial score (nSPS) is 11.3. The molecule has 0 aliphatic rings. The smallest absolute Gasteiger partial charge is 0.311 e. The average molecular weight is 325 g/mol. The van der Waals surface area contributed by atoms with E-state index in [0.29, 0.717) is 34.6 Å². The van der Waals surface area contributed by atoms with E-state index in [0.717, 1.165) is 5.56 Å². The number of nitrogens with zero attached hydrogens (tertiary/aromatic N) is 1. The number of rotatable bonds is 4. The monoisotopic (exact) mass is 325 g/mol. The summed E-state index contributed by atoms with van der Waals surface area (Å²) in [4.78, 5) is 28.6. The number of carbonyl (C=O) groups is 1. The topological polar surface area (TPSA) is 69.4 Å². The maximum Gasteiger partial charge on any atom is 0.311 e. The van der Waals surface area contributed by atoms with Crippen LogP contribution in [-0.2, 0) is 16.0 Å². The Morgan fingerprint density at radius 1 is 1.21 bits per heavy atom. The molecule has 2 aromatic heterocycles. The van der Waals surface area contributed by atoms with Crippen LogP contribution in [-0.4, -0.2) is 17.6 Å². The maximum atomic E-state index is 12.7. The van der Waals surface area contributed by atoms with Crippen LogP contribution in [0.1, 0.15) is 37.9 Å². The first-order chi connectivity index (χ1) is 11.5. The molecule has 3 aromatic rings. The Morgan fingerprint density at radius 3 is 2.71 bits per heavy atom. The third-order valence-electron chi connectivity index (χ3n) is 3.91. The Labute approximate surface area is 139 Å². The van der Waals surface area contributed by atoms with Crippen LogP contribution in [0.15, 0.2) is 39.5 Å². The largest absolute Gasteiger partial charge is 0.466 e. The van der Waals surface area contributed by atoms with Crippen LogP contribution in [0.2, 0.25) is 0 Å². The van der Waals surface area contributed by atoms with E-state index < -0.39 is 0 Å². The van der Waals surface area contributed by atoms with E-state index in [9.17, 15) is 9.59 Å². The van der Waals surface area contributed by atoms with Gasteiger partial charge in [0.15, 0.2) is 0 Å². The van der Waals surface area contributed by atoms with Gasteiger partial charge in [-0.1, -0.05) is 19.9 Å². The summed E-state index contributed by atoms with van der Waals surface area (Å²) in [5, 5.41) is 0.963. The van der Waals surface area contributed by atoms with Crippen molar-refractivity contribution < 1.29 is 13.9 Å². The molecule has 0 atom stereocenters. The average Bonchev–Trinajstić information content (AvgIpc) is 2.54. The summed E-state index contributed by atoms with van der Waals surface area (Å²) < 4.78 is 10.7. The number of pyridine rings is 1. The van der Waals surface area contributed by atoms with Gasteiger partial charge in [0.2, 0.25) is 11.1 Å². The van der Waals surface area contributed by atoms with Crippen LogP contribution in [0.3, 0.4) is 0 Å². The minimum Gasteiger partial charge on any atom is -0.466 e. The van der Waals surface area contributed by atoms with Gasteiger partial charge in [-0.2, -0.15) is 0 Å². The lowest BCUT2D eigenvalue weighted by Gasteiger charge is -2.07. The van der Waals surface area contributed by atoms with E-state index in [1.807, 2.05) is 12.1 Å². The van der Waals surface area contributed by atoms with Crippen molar-refractivity contribution in [3.63, 3.8) is 0 Å². The quantitative estimate of drug-likeness (QED) is 0.542. The Bertz CT molecular complexity index is 972. The maximum absolute atomic E-state index is 12.7. The summed E-state index contributed by atoms with van der Waals surface area (Å²) in [7, 11) is 0. The third kappa shape index (κ3) is 3.02. The number of fused-ring (bicyclic) bond motifs is 2. The zero-order chi connectivity index (χ0) is 17.3. The van der Waals surface area contributed by atoms with Crippen molar-refractivity contribution in [3.05, 3.63) is 51.8 Å². The molecule has 0 aliphatic heterocycles. The predicted molar refractivity (Wildman–Crippen MR) is 92.2 cm³/mol. The molecule has 0 radical (unpaired) electrons. The third-order valence-corrected chi connectivity index (χ3v) is 3.91. The number of ether oxygens (including phenoxy) is 1. The molecule has 2 heterocycles. The number of hydrogen-bond donors (Lipinski definition) is 0. The van der Waals surface area contributed by atoms with Crippen molar-refractivity contribution in [2.75, 3.05) is 6.61 Å². The minimum atomic E-state index is -0.353. The van der Waals surface area contributed by atoms with Gasteiger partial charge in [0.05, 0.1) is 29.5 Å². The van der Waals surface area contributed by atoms with Gasteiger partial charge in [-0.05, 0) is 42.7 Å². The summed E-state index contributed by atoms with van der Waals surface area (Å²) in [6.45, 7) is 6.23. The van der Waals surface area contributed by atoms with E-state index in [1.165, 1.54) is 0 Å². The Balaban J connectivity index is 2.11. The molecule has 0 saturated carbocycles. The van der Waals surface area contributed by atoms with Crippen LogP contribution in [0.4, 0.5) is 0 Å². The standard InChI is InChI=1S/C19H19NO4/c1-4-23-17(21)10-13-6-7-14-18(22)15-9-12(11(2)3)5-8-16(15)24-19(14)20-13/h5-9,11H,4,10H2,1-3H3. The lowest BCUT2D eigenvalue weighted by Crippen LogP contribution is -2.10. The number of carbonyl (C=O) groups excluding carboxylic acids is 1. The first-order valence-corrected chi connectivity index (χ1v) is 8.01. The van der Waals surface area contributed by atoms with Crippen molar-refractivity contribution in [3.8, 4) is 0 Å². The Hall–Kier alpha value is -2.69. The number of hydrogen-bond acceptors (Lipinski definition) is 5. The lowest BCUT2D eigenvalue weighted by atomic mass is 10.0. The highest BCUT2D eigenvalue weighted by Gasteiger charge is 2.13. The number of benzene rings is 1. The first-order valence-electron chi connectivity index (χ1n) is 8.01. The molecule has 5 nitrogen and oxygen atoms in total. The molecule has 0 amide bonds. The molecular weight excluding hydrogens is 306 g/mol. The summed E-state index contributed by atoms with van der Waals surface area (Å²) in [5.74, 6) is -0.0244. The zero-order valence-corrected chi connectivity index (χ0v) is 14.0. The molecule has 0 saturated heterocycles. The molecule has 0 aliphatic carbocycles. The van der Waals surface area contributed by atoms with E-state index >= 15 is 0 Å². The SMILES string of the molecule is CCOC(=O)Cc1ccc2c(=O)c3cc(C(C)C)ccc3oc2n1. The number of aromatic nitrogens is 1. The number of esters is 1. The minimum absolute atomic E-state index is 0.0534. The van der Waals surface area contributed by atoms with Crippen molar-refractivity contribution in [1.29, 1.82) is 0 Å². The van der Waals surface area contributed by atoms with Crippen LogP contribution in [0.25, 0.3) is 22.1 Å². The fourth-order valence-corrected chi connectivity index (χ4v) is 2.61. The molecule has 124 valence electrons. The van der Waals surface area contributed by atoms with E-state index in [2.05, 4.69) is 18.8 Å². The van der Waals surface area contributed by atoms with E-state index in [4.69, 9.17) is 9.15 Å². The van der Waals surface area contributed by atoms with E-state index in [-0.39, 0.29) is 23.5 Å².